The summed E-state index contributed by atoms with van der Waals surface area (Å²) in [5.41, 5.74) is -0.799. The van der Waals surface area contributed by atoms with Crippen molar-refractivity contribution in [1.29, 1.82) is 0 Å². The van der Waals surface area contributed by atoms with E-state index >= 15 is 0 Å². The van der Waals surface area contributed by atoms with Crippen LogP contribution in [0.25, 0.3) is 10.8 Å². The Balaban J connectivity index is 1.93. The first-order valence-electron chi connectivity index (χ1n) is 10.0. The van der Waals surface area contributed by atoms with Crippen molar-refractivity contribution in [1.82, 2.24) is 14.8 Å². The average molecular weight is 654 g/mol. The number of hydroxylamine groups is 2. The lowest BCUT2D eigenvalue weighted by atomic mass is 10.1. The molecule has 0 fully saturated rings. The largest absolute Gasteiger partial charge is 0.486 e. The number of carbonyl (C=O) groups is 1. The van der Waals surface area contributed by atoms with E-state index in [-0.39, 0.29) is 5.56 Å². The molecule has 0 aliphatic rings. The quantitative estimate of drug-likeness (QED) is 0.245. The normalized spacial score (nSPS) is 13.4. The number of rotatable bonds is 8. The Morgan fingerprint density at radius 3 is 2.55 bits per heavy atom. The molecule has 0 bridgehead atoms. The van der Waals surface area contributed by atoms with Crippen molar-refractivity contribution < 1.29 is 23.1 Å². The molecule has 0 radical (unpaired) electrons. The Morgan fingerprint density at radius 1 is 1.24 bits per heavy atom. The van der Waals surface area contributed by atoms with Gasteiger partial charge in [-0.05, 0) is 74.2 Å². The fraction of sp³-hybridized carbons (Fsp3) is 0.364. The van der Waals surface area contributed by atoms with Crippen molar-refractivity contribution in [3.05, 3.63) is 55.1 Å². The number of nitrogens with zero attached hydrogens (tertiary/aromatic N) is 3. The molecule has 0 aliphatic heterocycles. The summed E-state index contributed by atoms with van der Waals surface area (Å²) in [6.07, 6.45) is -1.60. The maximum Gasteiger partial charge on any atom is 0.282 e. The first kappa shape index (κ1) is 26.1. The van der Waals surface area contributed by atoms with Crippen molar-refractivity contribution in [2.75, 3.05) is 7.11 Å². The van der Waals surface area contributed by atoms with E-state index in [1.54, 1.807) is 6.92 Å². The minimum absolute atomic E-state index is 0.213. The molecular formula is C22H22Br3F2N3O3. The lowest BCUT2D eigenvalue weighted by Gasteiger charge is -2.33. The molecule has 0 saturated carbocycles. The van der Waals surface area contributed by atoms with E-state index in [9.17, 15) is 13.6 Å². The van der Waals surface area contributed by atoms with Crippen molar-refractivity contribution in [2.24, 2.45) is 7.05 Å². The van der Waals surface area contributed by atoms with Crippen LogP contribution >= 0.6 is 47.8 Å². The highest BCUT2D eigenvalue weighted by molar-refractivity contribution is 9.11. The molecule has 3 rings (SSSR count). The maximum atomic E-state index is 13.4. The van der Waals surface area contributed by atoms with E-state index in [0.717, 1.165) is 29.3 Å². The number of amides is 1. The second-order valence-corrected chi connectivity index (χ2v) is 9.95. The molecule has 2 aromatic carbocycles. The molecule has 0 aliphatic carbocycles. The summed E-state index contributed by atoms with van der Waals surface area (Å²) in [6.45, 7) is 3.65. The lowest BCUT2D eigenvalue weighted by Crippen LogP contribution is -2.46. The number of halogens is 5. The summed E-state index contributed by atoms with van der Waals surface area (Å²) in [6, 6.07) is 7.24. The second-order valence-electron chi connectivity index (χ2n) is 7.39. The Labute approximate surface area is 215 Å². The molecule has 33 heavy (non-hydrogen) atoms. The van der Waals surface area contributed by atoms with Crippen LogP contribution in [-0.2, 0) is 11.9 Å². The smallest absolute Gasteiger partial charge is 0.282 e. The Morgan fingerprint density at radius 2 is 1.94 bits per heavy atom. The zero-order valence-electron chi connectivity index (χ0n) is 18.3. The Hall–Kier alpha value is -1.56. The van der Waals surface area contributed by atoms with Gasteiger partial charge in [0.05, 0.1) is 27.7 Å². The highest BCUT2D eigenvalue weighted by Gasteiger charge is 2.33. The van der Waals surface area contributed by atoms with Crippen molar-refractivity contribution in [3.63, 3.8) is 0 Å². The van der Waals surface area contributed by atoms with Crippen LogP contribution in [0.5, 0.6) is 5.75 Å². The van der Waals surface area contributed by atoms with Gasteiger partial charge in [-0.3, -0.25) is 14.3 Å². The van der Waals surface area contributed by atoms with E-state index in [0.29, 0.717) is 12.2 Å². The zero-order chi connectivity index (χ0) is 24.4. The number of fused-ring (bicyclic) bond motifs is 1. The van der Waals surface area contributed by atoms with Gasteiger partial charge in [0, 0.05) is 17.7 Å². The number of aromatic nitrogens is 2. The van der Waals surface area contributed by atoms with Crippen LogP contribution in [0, 0.1) is 0 Å². The molecule has 1 amide bonds. The SMILES string of the molecule is CCC(Oc1c(Br)cc2cc(Br)ccc2c1Br)C(C)N(OC)C(=O)c1cn(C)nc1C(F)F. The van der Waals surface area contributed by atoms with Crippen molar-refractivity contribution in [3.8, 4) is 5.75 Å². The fourth-order valence-corrected chi connectivity index (χ4v) is 5.45. The van der Waals surface area contributed by atoms with Gasteiger partial charge < -0.3 is 4.74 Å². The summed E-state index contributed by atoms with van der Waals surface area (Å²) >= 11 is 10.7. The van der Waals surface area contributed by atoms with Crippen molar-refractivity contribution >= 4 is 64.5 Å². The van der Waals surface area contributed by atoms with Gasteiger partial charge in [-0.15, -0.1) is 0 Å². The number of hydrogen-bond donors (Lipinski definition) is 0. The Kier molecular flexibility index (Phi) is 8.52. The molecule has 1 heterocycles. The van der Waals surface area contributed by atoms with Crippen LogP contribution in [0.3, 0.4) is 0 Å². The summed E-state index contributed by atoms with van der Waals surface area (Å²) < 4.78 is 36.7. The van der Waals surface area contributed by atoms with Gasteiger partial charge in [0.15, 0.2) is 0 Å². The summed E-state index contributed by atoms with van der Waals surface area (Å²) in [4.78, 5) is 18.4. The zero-order valence-corrected chi connectivity index (χ0v) is 23.0. The third kappa shape index (κ3) is 5.41. The standard InChI is InChI=1S/C22H22Br3F2N3O3/c1-5-17(33-20-16(24)9-12-8-13(23)6-7-14(12)18(20)25)11(2)30(32-4)22(31)15-10-29(3)28-19(15)21(26)27/h6-11,17,21H,5H2,1-4H3. The number of carbonyl (C=O) groups excluding carboxylic acids is 1. The predicted octanol–water partition coefficient (Wildman–Crippen LogP) is 7.05. The molecule has 6 nitrogen and oxygen atoms in total. The van der Waals surface area contributed by atoms with Crippen LogP contribution in [0.15, 0.2) is 43.9 Å². The number of hydrogen-bond acceptors (Lipinski definition) is 4. The van der Waals surface area contributed by atoms with E-state index in [4.69, 9.17) is 9.57 Å². The minimum Gasteiger partial charge on any atom is -0.486 e. The molecule has 0 spiro atoms. The third-order valence-electron chi connectivity index (χ3n) is 5.22. The van der Waals surface area contributed by atoms with Gasteiger partial charge in [0.25, 0.3) is 12.3 Å². The topological polar surface area (TPSA) is 56.6 Å². The average Bonchev–Trinajstić information content (AvgIpc) is 3.16. The number of alkyl halides is 2. The predicted molar refractivity (Wildman–Crippen MR) is 133 cm³/mol. The van der Waals surface area contributed by atoms with E-state index in [1.807, 2.05) is 31.2 Å². The van der Waals surface area contributed by atoms with Crippen LogP contribution in [0.1, 0.15) is 42.7 Å². The fourth-order valence-electron chi connectivity index (χ4n) is 3.60. The maximum absolute atomic E-state index is 13.4. The van der Waals surface area contributed by atoms with E-state index in [1.165, 1.54) is 25.0 Å². The van der Waals surface area contributed by atoms with Crippen molar-refractivity contribution in [2.45, 2.75) is 38.8 Å². The highest BCUT2D eigenvalue weighted by Crippen LogP contribution is 2.41. The molecule has 0 N–H and O–H groups in total. The number of ether oxygens (including phenoxy) is 1. The van der Waals surface area contributed by atoms with Crippen LogP contribution in [0.4, 0.5) is 8.78 Å². The molecule has 3 aromatic rings. The first-order valence-corrected chi connectivity index (χ1v) is 12.4. The number of benzene rings is 2. The molecule has 178 valence electrons. The Bertz CT molecular complexity index is 1170. The highest BCUT2D eigenvalue weighted by atomic mass is 79.9. The first-order chi connectivity index (χ1) is 15.6. The van der Waals surface area contributed by atoms with E-state index in [2.05, 4.69) is 52.9 Å². The van der Waals surface area contributed by atoms with Gasteiger partial charge in [-0.2, -0.15) is 5.10 Å². The summed E-state index contributed by atoms with van der Waals surface area (Å²) in [7, 11) is 2.80. The van der Waals surface area contributed by atoms with Gasteiger partial charge in [-0.25, -0.2) is 13.8 Å². The van der Waals surface area contributed by atoms with Crippen LogP contribution in [0.2, 0.25) is 0 Å². The summed E-state index contributed by atoms with van der Waals surface area (Å²) in [5, 5.41) is 6.72. The molecule has 1 aromatic heterocycles. The monoisotopic (exact) mass is 651 g/mol. The lowest BCUT2D eigenvalue weighted by molar-refractivity contribution is -0.139. The van der Waals surface area contributed by atoms with E-state index < -0.39 is 30.2 Å². The van der Waals surface area contributed by atoms with Gasteiger partial charge in [-0.1, -0.05) is 28.9 Å². The minimum atomic E-state index is -2.89. The van der Waals surface area contributed by atoms with Gasteiger partial charge in [0.1, 0.15) is 17.5 Å². The molecule has 11 heteroatoms. The molecular weight excluding hydrogens is 632 g/mol. The van der Waals surface area contributed by atoms with Crippen LogP contribution < -0.4 is 4.74 Å². The second kappa shape index (κ2) is 10.8. The van der Waals surface area contributed by atoms with Crippen LogP contribution in [-0.4, -0.2) is 40.0 Å². The summed E-state index contributed by atoms with van der Waals surface area (Å²) in [5.74, 6) is -0.140. The molecule has 2 unspecified atom stereocenters. The van der Waals surface area contributed by atoms with Gasteiger partial charge in [0.2, 0.25) is 0 Å². The molecule has 2 atom stereocenters. The molecule has 0 saturated heterocycles. The van der Waals surface area contributed by atoms with Gasteiger partial charge >= 0.3 is 0 Å². The number of aryl methyl sites for hydroxylation is 1. The third-order valence-corrected chi connectivity index (χ3v) is 7.09.